The van der Waals surface area contributed by atoms with Crippen molar-refractivity contribution in [2.75, 3.05) is 10.2 Å². The molecule has 6 rings (SSSR count). The van der Waals surface area contributed by atoms with Crippen molar-refractivity contribution in [3.8, 4) is 11.5 Å². The number of ether oxygens (including phenoxy) is 1. The molecule has 2 N–H and O–H groups in total. The minimum absolute atomic E-state index is 0.0171. The number of rotatable bonds is 11. The minimum atomic E-state index is -0.698. The van der Waals surface area contributed by atoms with Crippen LogP contribution in [0.2, 0.25) is 5.02 Å². The molecule has 0 bridgehead atoms. The van der Waals surface area contributed by atoms with Crippen LogP contribution in [0, 0.1) is 10.1 Å². The normalized spacial score (nSPS) is 14.3. The zero-order valence-electron chi connectivity index (χ0n) is 26.5. The van der Waals surface area contributed by atoms with Gasteiger partial charge in [0.15, 0.2) is 0 Å². The lowest BCUT2D eigenvalue weighted by Crippen LogP contribution is -2.31. The lowest BCUT2D eigenvalue weighted by molar-refractivity contribution is -0.384. The number of non-ortho nitro benzene ring substituents is 1. The number of nitro benzene ring substituents is 1. The average molecular weight is 719 g/mol. The van der Waals surface area contributed by atoms with Gasteiger partial charge in [0.1, 0.15) is 17.2 Å². The van der Waals surface area contributed by atoms with Crippen LogP contribution in [0.5, 0.6) is 11.5 Å². The Morgan fingerprint density at radius 3 is 2.20 bits per heavy atom. The van der Waals surface area contributed by atoms with Crippen molar-refractivity contribution in [1.29, 1.82) is 0 Å². The minimum Gasteiger partial charge on any atom is -0.457 e. The molecule has 5 aromatic carbocycles. The summed E-state index contributed by atoms with van der Waals surface area (Å²) in [5.41, 5.74) is 1.34. The van der Waals surface area contributed by atoms with E-state index in [-0.39, 0.29) is 29.6 Å². The molecule has 1 aliphatic heterocycles. The van der Waals surface area contributed by atoms with Gasteiger partial charge in [-0.1, -0.05) is 35.9 Å². The summed E-state index contributed by atoms with van der Waals surface area (Å²) in [5.74, 6) is -0.784. The van der Waals surface area contributed by atoms with Gasteiger partial charge in [0, 0.05) is 39.7 Å². The van der Waals surface area contributed by atoms with Crippen LogP contribution < -0.4 is 20.3 Å². The number of amides is 4. The molecule has 0 radical (unpaired) electrons. The highest BCUT2D eigenvalue weighted by Crippen LogP contribution is 2.36. The Kier molecular flexibility index (Phi) is 10.5. The number of anilines is 2. The van der Waals surface area contributed by atoms with Gasteiger partial charge in [-0.05, 0) is 103 Å². The van der Waals surface area contributed by atoms with Gasteiger partial charge in [-0.3, -0.25) is 29.3 Å². The van der Waals surface area contributed by atoms with Gasteiger partial charge in [0.2, 0.25) is 11.8 Å². The zero-order valence-corrected chi connectivity index (χ0v) is 28.1. The van der Waals surface area contributed by atoms with E-state index in [0.717, 1.165) is 4.90 Å². The molecule has 1 heterocycles. The van der Waals surface area contributed by atoms with E-state index < -0.39 is 22.0 Å². The number of hydrogen-bond acceptors (Lipinski definition) is 8. The SMILES string of the molecule is O=C(Nc1cccc(S[C@H]2CC(=O)N(c3ccc(Oc4ccc(Cl)cc4)cc3)C2=O)c1)/C(=C\c1ccc([N+](=O)[O-])cc1)NC(=O)c1ccccc1. The topological polar surface area (TPSA) is 148 Å². The van der Waals surface area contributed by atoms with Crippen LogP contribution in [0.3, 0.4) is 0 Å². The largest absolute Gasteiger partial charge is 0.457 e. The van der Waals surface area contributed by atoms with Gasteiger partial charge < -0.3 is 15.4 Å². The van der Waals surface area contributed by atoms with Gasteiger partial charge in [-0.15, -0.1) is 11.8 Å². The standard InChI is InChI=1S/C38H27ClN4O7S/c39-26-11-17-30(18-12-26)50-31-19-15-28(16-20-31)42-35(44)23-34(38(42)47)51-32-8-4-7-27(22-32)40-37(46)33(41-36(45)25-5-2-1-3-6-25)21-24-9-13-29(14-10-24)43(48)49/h1-22,34H,23H2,(H,40,46)(H,41,45)/b33-21+/t34-/m0/s1. The molecule has 11 nitrogen and oxygen atoms in total. The van der Waals surface area contributed by atoms with Crippen LogP contribution in [-0.4, -0.2) is 33.8 Å². The zero-order chi connectivity index (χ0) is 35.9. The van der Waals surface area contributed by atoms with E-state index >= 15 is 0 Å². The predicted molar refractivity (Wildman–Crippen MR) is 195 cm³/mol. The number of halogens is 1. The maximum atomic E-state index is 13.5. The first kappa shape index (κ1) is 34.6. The Hall–Kier alpha value is -6.24. The number of nitro groups is 1. The average Bonchev–Trinajstić information content (AvgIpc) is 3.41. The highest BCUT2D eigenvalue weighted by Gasteiger charge is 2.40. The first-order valence-corrected chi connectivity index (χ1v) is 16.7. The molecule has 1 saturated heterocycles. The number of carbonyl (C=O) groups is 4. The van der Waals surface area contributed by atoms with Gasteiger partial charge >= 0.3 is 0 Å². The summed E-state index contributed by atoms with van der Waals surface area (Å²) in [6.45, 7) is 0. The molecule has 5 aromatic rings. The molecular formula is C38H27ClN4O7S. The van der Waals surface area contributed by atoms with Crippen LogP contribution in [-0.2, 0) is 14.4 Å². The molecule has 1 aliphatic rings. The smallest absolute Gasteiger partial charge is 0.272 e. The summed E-state index contributed by atoms with van der Waals surface area (Å²) in [6, 6.07) is 34.1. The second kappa shape index (κ2) is 15.5. The predicted octanol–water partition coefficient (Wildman–Crippen LogP) is 7.87. The molecule has 0 spiro atoms. The fourth-order valence-corrected chi connectivity index (χ4v) is 6.32. The summed E-state index contributed by atoms with van der Waals surface area (Å²) >= 11 is 7.13. The first-order chi connectivity index (χ1) is 24.6. The second-order valence-electron chi connectivity index (χ2n) is 11.1. The molecule has 1 fully saturated rings. The molecule has 0 aromatic heterocycles. The number of carbonyl (C=O) groups excluding carboxylic acids is 4. The lowest BCUT2D eigenvalue weighted by atomic mass is 10.1. The van der Waals surface area contributed by atoms with E-state index in [0.29, 0.717) is 43.9 Å². The molecule has 254 valence electrons. The summed E-state index contributed by atoms with van der Waals surface area (Å²) in [6.07, 6.45) is 1.39. The number of thioether (sulfide) groups is 1. The third-order valence-electron chi connectivity index (χ3n) is 7.56. The van der Waals surface area contributed by atoms with Crippen molar-refractivity contribution in [3.63, 3.8) is 0 Å². The number of hydrogen-bond donors (Lipinski definition) is 2. The summed E-state index contributed by atoms with van der Waals surface area (Å²) in [7, 11) is 0. The summed E-state index contributed by atoms with van der Waals surface area (Å²) < 4.78 is 5.81. The fraction of sp³-hybridized carbons (Fsp3) is 0.0526. The second-order valence-corrected chi connectivity index (χ2v) is 12.8. The molecule has 4 amide bonds. The Bertz CT molecular complexity index is 2140. The van der Waals surface area contributed by atoms with E-state index in [9.17, 15) is 29.3 Å². The maximum absolute atomic E-state index is 13.5. The Morgan fingerprint density at radius 2 is 1.53 bits per heavy atom. The molecular weight excluding hydrogens is 692 g/mol. The quantitative estimate of drug-likeness (QED) is 0.0607. The van der Waals surface area contributed by atoms with Crippen LogP contribution in [0.15, 0.2) is 138 Å². The first-order valence-electron chi connectivity index (χ1n) is 15.4. The number of nitrogens with zero attached hydrogens (tertiary/aromatic N) is 2. The van der Waals surface area contributed by atoms with Crippen molar-refractivity contribution in [1.82, 2.24) is 5.32 Å². The molecule has 0 unspecified atom stereocenters. The third kappa shape index (κ3) is 8.68. The van der Waals surface area contributed by atoms with E-state index in [1.165, 1.54) is 42.1 Å². The highest BCUT2D eigenvalue weighted by atomic mass is 35.5. The van der Waals surface area contributed by atoms with Crippen LogP contribution in [0.1, 0.15) is 22.3 Å². The van der Waals surface area contributed by atoms with E-state index in [1.807, 2.05) is 0 Å². The highest BCUT2D eigenvalue weighted by molar-refractivity contribution is 8.00. The van der Waals surface area contributed by atoms with Crippen LogP contribution in [0.25, 0.3) is 6.08 Å². The van der Waals surface area contributed by atoms with Crippen LogP contribution in [0.4, 0.5) is 17.1 Å². The molecule has 13 heteroatoms. The van der Waals surface area contributed by atoms with Crippen molar-refractivity contribution in [2.45, 2.75) is 16.6 Å². The maximum Gasteiger partial charge on any atom is 0.272 e. The molecule has 1 atom stereocenters. The number of benzene rings is 5. The third-order valence-corrected chi connectivity index (χ3v) is 8.99. The number of imide groups is 1. The molecule has 0 saturated carbocycles. The van der Waals surface area contributed by atoms with Gasteiger partial charge in [-0.25, -0.2) is 4.90 Å². The Balaban J connectivity index is 1.14. The van der Waals surface area contributed by atoms with E-state index in [2.05, 4.69) is 10.6 Å². The van der Waals surface area contributed by atoms with Gasteiger partial charge in [-0.2, -0.15) is 0 Å². The summed E-state index contributed by atoms with van der Waals surface area (Å²) in [5, 5.41) is 16.4. The van der Waals surface area contributed by atoms with Gasteiger partial charge in [0.25, 0.3) is 17.5 Å². The Labute approximate surface area is 301 Å². The van der Waals surface area contributed by atoms with E-state index in [1.54, 1.807) is 103 Å². The van der Waals surface area contributed by atoms with Gasteiger partial charge in [0.05, 0.1) is 15.9 Å². The van der Waals surface area contributed by atoms with Crippen molar-refractivity contribution in [2.24, 2.45) is 0 Å². The summed E-state index contributed by atoms with van der Waals surface area (Å²) in [4.78, 5) is 65.2. The van der Waals surface area contributed by atoms with Crippen molar-refractivity contribution >= 4 is 70.1 Å². The van der Waals surface area contributed by atoms with Crippen molar-refractivity contribution < 1.29 is 28.8 Å². The molecule has 0 aliphatic carbocycles. The van der Waals surface area contributed by atoms with E-state index in [4.69, 9.17) is 16.3 Å². The van der Waals surface area contributed by atoms with Crippen LogP contribution >= 0.6 is 23.4 Å². The van der Waals surface area contributed by atoms with Crippen molar-refractivity contribution in [3.05, 3.63) is 159 Å². The number of nitrogens with one attached hydrogen (secondary N) is 2. The fourth-order valence-electron chi connectivity index (χ4n) is 5.08. The molecule has 51 heavy (non-hydrogen) atoms. The Morgan fingerprint density at radius 1 is 0.863 bits per heavy atom. The monoisotopic (exact) mass is 718 g/mol. The lowest BCUT2D eigenvalue weighted by Gasteiger charge is -2.16.